The first-order valence-corrected chi connectivity index (χ1v) is 11.1. The number of hydrogen-bond acceptors (Lipinski definition) is 3. The number of benzene rings is 1. The number of halogens is 2. The second-order valence-corrected chi connectivity index (χ2v) is 9.23. The molecule has 8 heteroatoms. The quantitative estimate of drug-likeness (QED) is 0.803. The van der Waals surface area contributed by atoms with Crippen LogP contribution in [0, 0.1) is 0 Å². The van der Waals surface area contributed by atoms with E-state index in [2.05, 4.69) is 5.32 Å². The fourth-order valence-electron chi connectivity index (χ4n) is 3.06. The van der Waals surface area contributed by atoms with Crippen LogP contribution in [0.3, 0.4) is 0 Å². The summed E-state index contributed by atoms with van der Waals surface area (Å²) in [7, 11) is -3.68. The van der Waals surface area contributed by atoms with Crippen molar-refractivity contribution in [2.45, 2.75) is 51.0 Å². The molecular formula is C17H24Cl2N2O3S. The number of nitrogens with one attached hydrogen (secondary N) is 1. The van der Waals surface area contributed by atoms with Crippen molar-refractivity contribution in [1.82, 2.24) is 5.32 Å². The summed E-state index contributed by atoms with van der Waals surface area (Å²) in [6.07, 6.45) is 8.69. The molecule has 1 saturated carbocycles. The molecular weight excluding hydrogens is 383 g/mol. The van der Waals surface area contributed by atoms with Crippen molar-refractivity contribution < 1.29 is 13.2 Å². The minimum Gasteiger partial charge on any atom is -0.352 e. The van der Waals surface area contributed by atoms with E-state index in [1.165, 1.54) is 31.4 Å². The van der Waals surface area contributed by atoms with E-state index in [-0.39, 0.29) is 29.2 Å². The lowest BCUT2D eigenvalue weighted by Crippen LogP contribution is -2.44. The third-order valence-corrected chi connectivity index (χ3v) is 6.02. The monoisotopic (exact) mass is 406 g/mol. The van der Waals surface area contributed by atoms with Crippen LogP contribution in [-0.2, 0) is 14.8 Å². The molecule has 0 saturated heterocycles. The Bertz CT molecular complexity index is 702. The van der Waals surface area contributed by atoms with Crippen molar-refractivity contribution in [3.63, 3.8) is 0 Å². The lowest BCUT2D eigenvalue weighted by molar-refractivity contribution is -0.120. The molecule has 0 unspecified atom stereocenters. The lowest BCUT2D eigenvalue weighted by atomic mass is 9.97. The van der Waals surface area contributed by atoms with Crippen LogP contribution in [0.25, 0.3) is 0 Å². The maximum Gasteiger partial charge on any atom is 0.240 e. The first-order valence-electron chi connectivity index (χ1n) is 8.49. The summed E-state index contributed by atoms with van der Waals surface area (Å²) in [4.78, 5) is 12.4. The number of rotatable bonds is 5. The van der Waals surface area contributed by atoms with E-state index in [1.807, 2.05) is 0 Å². The summed E-state index contributed by atoms with van der Waals surface area (Å²) in [5.41, 5.74) is 0.212. The Kier molecular flexibility index (Phi) is 7.40. The van der Waals surface area contributed by atoms with Gasteiger partial charge in [-0.05, 0) is 31.0 Å². The molecule has 1 amide bonds. The Labute approximate surface area is 159 Å². The average Bonchev–Trinajstić information content (AvgIpc) is 2.49. The van der Waals surface area contributed by atoms with Gasteiger partial charge in [0.25, 0.3) is 0 Å². The summed E-state index contributed by atoms with van der Waals surface area (Å²) < 4.78 is 25.3. The topological polar surface area (TPSA) is 66.5 Å². The highest BCUT2D eigenvalue weighted by Gasteiger charge is 2.24. The highest BCUT2D eigenvalue weighted by molar-refractivity contribution is 7.92. The molecule has 0 heterocycles. The molecule has 1 aromatic carbocycles. The van der Waals surface area contributed by atoms with Gasteiger partial charge in [-0.15, -0.1) is 0 Å². The molecule has 0 atom stereocenters. The molecule has 1 aliphatic carbocycles. The van der Waals surface area contributed by atoms with Crippen molar-refractivity contribution >= 4 is 44.8 Å². The predicted molar refractivity (Wildman–Crippen MR) is 103 cm³/mol. The molecule has 5 nitrogen and oxygen atoms in total. The zero-order valence-electron chi connectivity index (χ0n) is 14.3. The van der Waals surface area contributed by atoms with Crippen molar-refractivity contribution in [3.05, 3.63) is 28.2 Å². The van der Waals surface area contributed by atoms with E-state index < -0.39 is 10.0 Å². The fourth-order valence-corrected chi connectivity index (χ4v) is 4.36. The molecule has 1 fully saturated rings. The lowest BCUT2D eigenvalue weighted by Gasteiger charge is -2.26. The molecule has 0 aromatic heterocycles. The van der Waals surface area contributed by atoms with Gasteiger partial charge in [0, 0.05) is 11.1 Å². The zero-order valence-corrected chi connectivity index (χ0v) is 16.6. The second kappa shape index (κ2) is 9.10. The van der Waals surface area contributed by atoms with Crippen LogP contribution in [-0.4, -0.2) is 33.2 Å². The van der Waals surface area contributed by atoms with Gasteiger partial charge in [0.2, 0.25) is 15.9 Å². The van der Waals surface area contributed by atoms with E-state index in [9.17, 15) is 13.2 Å². The number of anilines is 1. The molecule has 1 aliphatic rings. The molecule has 25 heavy (non-hydrogen) atoms. The number of nitrogens with zero attached hydrogens (tertiary/aromatic N) is 1. The normalized spacial score (nSPS) is 16.8. The van der Waals surface area contributed by atoms with E-state index in [0.717, 1.165) is 36.2 Å². The van der Waals surface area contributed by atoms with E-state index in [4.69, 9.17) is 23.2 Å². The molecule has 140 valence electrons. The van der Waals surface area contributed by atoms with Gasteiger partial charge in [-0.25, -0.2) is 8.42 Å². The Morgan fingerprint density at radius 3 is 2.36 bits per heavy atom. The predicted octanol–water partition coefficient (Wildman–Crippen LogP) is 3.99. The minimum atomic E-state index is -3.68. The van der Waals surface area contributed by atoms with Gasteiger partial charge >= 0.3 is 0 Å². The van der Waals surface area contributed by atoms with Gasteiger partial charge in [0.05, 0.1) is 17.0 Å². The first kappa shape index (κ1) is 20.3. The SMILES string of the molecule is CS(=O)(=O)N(CC(=O)NC1CCCCCCC1)c1cc(Cl)ccc1Cl. The van der Waals surface area contributed by atoms with Crippen LogP contribution in [0.2, 0.25) is 10.0 Å². The maximum absolute atomic E-state index is 12.4. The summed E-state index contributed by atoms with van der Waals surface area (Å²) >= 11 is 12.1. The highest BCUT2D eigenvalue weighted by Crippen LogP contribution is 2.30. The molecule has 0 bridgehead atoms. The largest absolute Gasteiger partial charge is 0.352 e. The first-order chi connectivity index (χ1) is 11.8. The van der Waals surface area contributed by atoms with E-state index in [1.54, 1.807) is 6.07 Å². The molecule has 1 aromatic rings. The second-order valence-electron chi connectivity index (χ2n) is 6.47. The third-order valence-electron chi connectivity index (χ3n) is 4.33. The van der Waals surface area contributed by atoms with Crippen LogP contribution in [0.5, 0.6) is 0 Å². The summed E-state index contributed by atoms with van der Waals surface area (Å²) in [6.45, 7) is -0.310. The van der Waals surface area contributed by atoms with Crippen LogP contribution < -0.4 is 9.62 Å². The smallest absolute Gasteiger partial charge is 0.240 e. The molecule has 1 N–H and O–H groups in total. The Hall–Kier alpha value is -0.980. The third kappa shape index (κ3) is 6.35. The van der Waals surface area contributed by atoms with Crippen LogP contribution in [0.15, 0.2) is 18.2 Å². The van der Waals surface area contributed by atoms with Gasteiger partial charge in [-0.3, -0.25) is 9.10 Å². The number of sulfonamides is 1. The van der Waals surface area contributed by atoms with Gasteiger partial charge in [0.15, 0.2) is 0 Å². The van der Waals surface area contributed by atoms with Crippen molar-refractivity contribution in [1.29, 1.82) is 0 Å². The van der Waals surface area contributed by atoms with E-state index in [0.29, 0.717) is 5.02 Å². The number of carbonyl (C=O) groups excluding carboxylic acids is 1. The average molecular weight is 407 g/mol. The summed E-state index contributed by atoms with van der Waals surface area (Å²) in [5, 5.41) is 3.56. The maximum atomic E-state index is 12.4. The van der Waals surface area contributed by atoms with Crippen molar-refractivity contribution in [3.8, 4) is 0 Å². The van der Waals surface area contributed by atoms with Crippen molar-refractivity contribution in [2.75, 3.05) is 17.1 Å². The molecule has 0 spiro atoms. The fraction of sp³-hybridized carbons (Fsp3) is 0.588. The highest BCUT2D eigenvalue weighted by atomic mass is 35.5. The van der Waals surface area contributed by atoms with Crippen LogP contribution in [0.4, 0.5) is 5.69 Å². The minimum absolute atomic E-state index is 0.101. The number of carbonyl (C=O) groups is 1. The van der Waals surface area contributed by atoms with Gasteiger partial charge in [0.1, 0.15) is 6.54 Å². The molecule has 0 radical (unpaired) electrons. The number of amides is 1. The standard InChI is InChI=1S/C17H24Cl2N2O3S/c1-25(23,24)21(16-11-13(18)9-10-15(16)19)12-17(22)20-14-7-5-3-2-4-6-8-14/h9-11,14H,2-8,12H2,1H3,(H,20,22). The Morgan fingerprint density at radius 2 is 1.76 bits per heavy atom. The van der Waals surface area contributed by atoms with Crippen LogP contribution in [0.1, 0.15) is 44.9 Å². The van der Waals surface area contributed by atoms with Gasteiger partial charge in [-0.2, -0.15) is 0 Å². The zero-order chi connectivity index (χ0) is 18.4. The van der Waals surface area contributed by atoms with Gasteiger partial charge in [-0.1, -0.05) is 55.3 Å². The van der Waals surface area contributed by atoms with Gasteiger partial charge < -0.3 is 5.32 Å². The van der Waals surface area contributed by atoms with E-state index >= 15 is 0 Å². The summed E-state index contributed by atoms with van der Waals surface area (Å²) in [6, 6.07) is 4.64. The Morgan fingerprint density at radius 1 is 1.16 bits per heavy atom. The summed E-state index contributed by atoms with van der Waals surface area (Å²) in [5.74, 6) is -0.327. The number of hydrogen-bond donors (Lipinski definition) is 1. The molecule has 0 aliphatic heterocycles. The van der Waals surface area contributed by atoms with Crippen LogP contribution >= 0.6 is 23.2 Å². The molecule has 2 rings (SSSR count). The Balaban J connectivity index is 2.11. The van der Waals surface area contributed by atoms with Crippen molar-refractivity contribution in [2.24, 2.45) is 0 Å².